The SMILES string of the molecule is Cc1cc(NC(=O)c2c(C)noc2C)ccc1N1CCC(N2CCC[C@@H]2C)C1.O=C(O)C(F)(F)F. The number of hydrogen-bond acceptors (Lipinski definition) is 6. The fourth-order valence-electron chi connectivity index (χ4n) is 4.82. The fraction of sp³-hybridized carbons (Fsp3) is 0.542. The quantitative estimate of drug-likeness (QED) is 0.641. The van der Waals surface area contributed by atoms with Gasteiger partial charge in [0.15, 0.2) is 0 Å². The normalized spacial score (nSPS) is 20.5. The van der Waals surface area contributed by atoms with Crippen molar-refractivity contribution in [1.82, 2.24) is 10.1 Å². The van der Waals surface area contributed by atoms with E-state index in [0.29, 0.717) is 29.1 Å². The zero-order valence-electron chi connectivity index (χ0n) is 20.3. The second-order valence-corrected chi connectivity index (χ2v) is 9.08. The summed E-state index contributed by atoms with van der Waals surface area (Å²) in [7, 11) is 0. The lowest BCUT2D eigenvalue weighted by atomic mass is 10.1. The van der Waals surface area contributed by atoms with Crippen LogP contribution in [0, 0.1) is 20.8 Å². The van der Waals surface area contributed by atoms with E-state index in [-0.39, 0.29) is 5.91 Å². The van der Waals surface area contributed by atoms with Gasteiger partial charge in [-0.05, 0) is 77.3 Å². The molecule has 0 radical (unpaired) electrons. The number of carboxylic acid groups (broad SMARTS) is 1. The molecule has 2 N–H and O–H groups in total. The maximum Gasteiger partial charge on any atom is 0.490 e. The van der Waals surface area contributed by atoms with E-state index in [4.69, 9.17) is 14.4 Å². The summed E-state index contributed by atoms with van der Waals surface area (Å²) in [5.41, 5.74) is 4.39. The molecule has 0 aliphatic carbocycles. The lowest BCUT2D eigenvalue weighted by molar-refractivity contribution is -0.192. The molecule has 1 aromatic heterocycles. The molecule has 2 aromatic rings. The second kappa shape index (κ2) is 10.7. The van der Waals surface area contributed by atoms with Crippen LogP contribution in [0.2, 0.25) is 0 Å². The van der Waals surface area contributed by atoms with E-state index in [0.717, 1.165) is 18.8 Å². The Morgan fingerprint density at radius 1 is 1.17 bits per heavy atom. The molecule has 0 bridgehead atoms. The van der Waals surface area contributed by atoms with Gasteiger partial charge in [-0.2, -0.15) is 13.2 Å². The van der Waals surface area contributed by atoms with Gasteiger partial charge in [-0.25, -0.2) is 4.79 Å². The number of anilines is 2. The second-order valence-electron chi connectivity index (χ2n) is 9.08. The number of aryl methyl sites for hydroxylation is 3. The average Bonchev–Trinajstić information content (AvgIpc) is 3.48. The highest BCUT2D eigenvalue weighted by Crippen LogP contribution is 2.31. The summed E-state index contributed by atoms with van der Waals surface area (Å²) in [6.45, 7) is 11.4. The molecule has 8 nitrogen and oxygen atoms in total. The molecule has 2 saturated heterocycles. The molecule has 192 valence electrons. The Kier molecular flexibility index (Phi) is 8.09. The highest BCUT2D eigenvalue weighted by molar-refractivity contribution is 6.05. The first-order chi connectivity index (χ1) is 16.4. The Labute approximate surface area is 202 Å². The Morgan fingerprint density at radius 2 is 1.86 bits per heavy atom. The van der Waals surface area contributed by atoms with E-state index in [1.807, 2.05) is 6.07 Å². The van der Waals surface area contributed by atoms with Crippen molar-refractivity contribution in [3.63, 3.8) is 0 Å². The van der Waals surface area contributed by atoms with Crippen molar-refractivity contribution < 1.29 is 32.4 Å². The number of rotatable bonds is 4. The number of amides is 1. The van der Waals surface area contributed by atoms with Crippen LogP contribution in [0.4, 0.5) is 24.5 Å². The molecule has 0 saturated carbocycles. The van der Waals surface area contributed by atoms with E-state index in [2.05, 4.69) is 46.3 Å². The van der Waals surface area contributed by atoms with Gasteiger partial charge in [-0.3, -0.25) is 9.69 Å². The van der Waals surface area contributed by atoms with Crippen LogP contribution in [0.3, 0.4) is 0 Å². The summed E-state index contributed by atoms with van der Waals surface area (Å²) in [6.07, 6.45) is -1.19. The predicted octanol–water partition coefficient (Wildman–Crippen LogP) is 4.55. The Balaban J connectivity index is 0.000000429. The number of aromatic nitrogens is 1. The highest BCUT2D eigenvalue weighted by Gasteiger charge is 2.38. The van der Waals surface area contributed by atoms with Gasteiger partial charge in [0.05, 0.1) is 5.69 Å². The van der Waals surface area contributed by atoms with Crippen LogP contribution >= 0.6 is 0 Å². The van der Waals surface area contributed by atoms with E-state index < -0.39 is 12.1 Å². The molecule has 4 rings (SSSR count). The number of aliphatic carboxylic acids is 1. The Morgan fingerprint density at radius 3 is 2.37 bits per heavy atom. The van der Waals surface area contributed by atoms with Crippen LogP contribution in [-0.2, 0) is 4.79 Å². The number of nitrogens with one attached hydrogen (secondary N) is 1. The molecule has 2 aliphatic rings. The van der Waals surface area contributed by atoms with E-state index in [1.54, 1.807) is 13.8 Å². The summed E-state index contributed by atoms with van der Waals surface area (Å²) < 4.78 is 36.8. The first-order valence-electron chi connectivity index (χ1n) is 11.5. The van der Waals surface area contributed by atoms with Crippen molar-refractivity contribution in [3.8, 4) is 0 Å². The van der Waals surface area contributed by atoms with Crippen LogP contribution < -0.4 is 10.2 Å². The molecule has 11 heteroatoms. The minimum atomic E-state index is -5.08. The van der Waals surface area contributed by atoms with Gasteiger partial charge in [-0.15, -0.1) is 0 Å². The van der Waals surface area contributed by atoms with E-state index >= 15 is 0 Å². The van der Waals surface area contributed by atoms with E-state index in [9.17, 15) is 18.0 Å². The molecule has 1 aromatic carbocycles. The third kappa shape index (κ3) is 6.33. The average molecular weight is 497 g/mol. The maximum atomic E-state index is 12.6. The number of nitrogens with zero attached hydrogens (tertiary/aromatic N) is 3. The molecule has 1 amide bonds. The zero-order valence-corrected chi connectivity index (χ0v) is 20.3. The summed E-state index contributed by atoms with van der Waals surface area (Å²) in [4.78, 5) is 26.6. The van der Waals surface area contributed by atoms with Crippen LogP contribution in [0.1, 0.15) is 53.6 Å². The Bertz CT molecular complexity index is 1050. The molecule has 2 aliphatic heterocycles. The molecule has 2 atom stereocenters. The fourth-order valence-corrected chi connectivity index (χ4v) is 4.82. The van der Waals surface area contributed by atoms with Gasteiger partial charge in [0.25, 0.3) is 5.91 Å². The van der Waals surface area contributed by atoms with Crippen LogP contribution in [0.15, 0.2) is 22.7 Å². The maximum absolute atomic E-state index is 12.6. The molecule has 0 spiro atoms. The molecule has 3 heterocycles. The third-order valence-electron chi connectivity index (χ3n) is 6.54. The van der Waals surface area contributed by atoms with Crippen molar-refractivity contribution in [2.24, 2.45) is 0 Å². The minimum absolute atomic E-state index is 0.173. The zero-order chi connectivity index (χ0) is 25.9. The van der Waals surface area contributed by atoms with Gasteiger partial charge in [0.2, 0.25) is 0 Å². The summed E-state index contributed by atoms with van der Waals surface area (Å²) in [5, 5.41) is 14.0. The number of carboxylic acids is 1. The molecule has 1 unspecified atom stereocenters. The number of alkyl halides is 3. The number of likely N-dealkylation sites (tertiary alicyclic amines) is 1. The Hall–Kier alpha value is -3.08. The first-order valence-corrected chi connectivity index (χ1v) is 11.5. The van der Waals surface area contributed by atoms with Crippen molar-refractivity contribution in [2.45, 2.75) is 65.2 Å². The predicted molar refractivity (Wildman–Crippen MR) is 125 cm³/mol. The molecular weight excluding hydrogens is 465 g/mol. The number of benzene rings is 1. The monoisotopic (exact) mass is 496 g/mol. The van der Waals surface area contributed by atoms with Gasteiger partial charge >= 0.3 is 12.1 Å². The standard InChI is InChI=1S/C22H30N4O2.C2HF3O2/c1-14-12-18(23-22(27)21-16(3)24-28-17(21)4)7-8-20(14)25-11-9-19(13-25)26-10-5-6-15(26)2;3-2(4,5)1(6)7/h7-8,12,15,19H,5-6,9-11,13H2,1-4H3,(H,23,27);(H,6,7)/t15-,19?;/m0./s1. The van der Waals surface area contributed by atoms with E-state index in [1.165, 1.54) is 37.1 Å². The van der Waals surface area contributed by atoms with Crippen molar-refractivity contribution >= 4 is 23.3 Å². The summed E-state index contributed by atoms with van der Waals surface area (Å²) in [6, 6.07) is 7.55. The summed E-state index contributed by atoms with van der Waals surface area (Å²) in [5.74, 6) is -2.39. The largest absolute Gasteiger partial charge is 0.490 e. The van der Waals surface area contributed by atoms with Crippen LogP contribution in [0.5, 0.6) is 0 Å². The van der Waals surface area contributed by atoms with Gasteiger partial charge < -0.3 is 19.8 Å². The number of carbonyl (C=O) groups is 2. The number of carbonyl (C=O) groups excluding carboxylic acids is 1. The van der Waals surface area contributed by atoms with Crippen LogP contribution in [-0.4, -0.2) is 64.9 Å². The topological polar surface area (TPSA) is 98.9 Å². The highest BCUT2D eigenvalue weighted by atomic mass is 19.4. The molecular formula is C24H31F3N4O4. The van der Waals surface area contributed by atoms with Gasteiger partial charge in [0.1, 0.15) is 11.3 Å². The number of halogens is 3. The molecule has 35 heavy (non-hydrogen) atoms. The third-order valence-corrected chi connectivity index (χ3v) is 6.54. The van der Waals surface area contributed by atoms with Crippen molar-refractivity contribution in [1.29, 1.82) is 0 Å². The lowest BCUT2D eigenvalue weighted by Gasteiger charge is -2.29. The summed E-state index contributed by atoms with van der Waals surface area (Å²) >= 11 is 0. The first kappa shape index (κ1) is 26.5. The van der Waals surface area contributed by atoms with Crippen molar-refractivity contribution in [3.05, 3.63) is 40.8 Å². The smallest absolute Gasteiger partial charge is 0.475 e. The lowest BCUT2D eigenvalue weighted by Crippen LogP contribution is -2.39. The van der Waals surface area contributed by atoms with Gasteiger partial charge in [0, 0.05) is 36.5 Å². The van der Waals surface area contributed by atoms with Crippen molar-refractivity contribution in [2.75, 3.05) is 29.9 Å². The number of hydrogen-bond donors (Lipinski definition) is 2. The van der Waals surface area contributed by atoms with Crippen LogP contribution in [0.25, 0.3) is 0 Å². The van der Waals surface area contributed by atoms with Gasteiger partial charge in [-0.1, -0.05) is 5.16 Å². The minimum Gasteiger partial charge on any atom is -0.475 e. The molecule has 2 fully saturated rings.